The molecule has 1 saturated carbocycles. The molecule has 0 spiro atoms. The predicted molar refractivity (Wildman–Crippen MR) is 75.1 cm³/mol. The van der Waals surface area contributed by atoms with Crippen molar-refractivity contribution >= 4 is 28.4 Å². The van der Waals surface area contributed by atoms with Crippen LogP contribution in [-0.2, 0) is 0 Å². The number of aromatic nitrogens is 2. The van der Waals surface area contributed by atoms with Crippen LogP contribution in [0.15, 0.2) is 11.6 Å². The molecule has 1 N–H and O–H groups in total. The first-order chi connectivity index (χ1) is 9.22. The number of aliphatic hydroxyl groups excluding tert-OH is 1. The van der Waals surface area contributed by atoms with Crippen LogP contribution in [0, 0.1) is 0 Å². The lowest BCUT2D eigenvalue weighted by Crippen LogP contribution is -2.44. The van der Waals surface area contributed by atoms with E-state index in [1.807, 2.05) is 23.5 Å². The van der Waals surface area contributed by atoms with Crippen molar-refractivity contribution in [3.8, 4) is 0 Å². The Labute approximate surface area is 115 Å². The summed E-state index contributed by atoms with van der Waals surface area (Å²) in [6, 6.07) is 0.0528. The van der Waals surface area contributed by atoms with Crippen LogP contribution < -0.4 is 4.90 Å². The first kappa shape index (κ1) is 12.6. The van der Waals surface area contributed by atoms with Crippen LogP contribution >= 0.6 is 11.3 Å². The van der Waals surface area contributed by atoms with Crippen molar-refractivity contribution in [3.63, 3.8) is 0 Å². The van der Waals surface area contributed by atoms with Gasteiger partial charge in [-0.3, -0.25) is 9.20 Å². The van der Waals surface area contributed by atoms with Crippen LogP contribution in [0.2, 0.25) is 0 Å². The second kappa shape index (κ2) is 4.94. The Bertz CT molecular complexity index is 592. The zero-order valence-electron chi connectivity index (χ0n) is 10.8. The highest BCUT2D eigenvalue weighted by Crippen LogP contribution is 2.29. The summed E-state index contributed by atoms with van der Waals surface area (Å²) in [5.74, 6) is 0.674. The zero-order valence-corrected chi connectivity index (χ0v) is 11.6. The van der Waals surface area contributed by atoms with E-state index in [4.69, 9.17) is 0 Å². The maximum atomic E-state index is 11.3. The summed E-state index contributed by atoms with van der Waals surface area (Å²) in [4.78, 5) is 18.6. The van der Waals surface area contributed by atoms with E-state index >= 15 is 0 Å². The van der Waals surface area contributed by atoms with Crippen molar-refractivity contribution in [2.75, 3.05) is 11.9 Å². The van der Waals surface area contributed by atoms with E-state index in [1.54, 1.807) is 4.40 Å². The van der Waals surface area contributed by atoms with Crippen molar-refractivity contribution in [2.24, 2.45) is 0 Å². The fourth-order valence-electron chi connectivity index (χ4n) is 2.86. The highest BCUT2D eigenvalue weighted by Gasteiger charge is 2.29. The Kier molecular flexibility index (Phi) is 3.28. The molecule has 0 bridgehead atoms. The lowest BCUT2D eigenvalue weighted by molar-refractivity contribution is 0.105. The zero-order chi connectivity index (χ0) is 13.4. The Balaban J connectivity index is 1.98. The molecule has 2 atom stereocenters. The molecule has 1 aliphatic rings. The van der Waals surface area contributed by atoms with Gasteiger partial charge in [0.1, 0.15) is 5.69 Å². The SMILES string of the molecule is CN(c1nc2sccn2c1C=O)C1CCCCC1O. The summed E-state index contributed by atoms with van der Waals surface area (Å²) in [6.07, 6.45) is 6.32. The first-order valence-corrected chi connectivity index (χ1v) is 7.42. The molecule has 2 aromatic rings. The monoisotopic (exact) mass is 279 g/mol. The number of carbonyl (C=O) groups is 1. The first-order valence-electron chi connectivity index (χ1n) is 6.54. The molecule has 2 unspecified atom stereocenters. The Hall–Kier alpha value is -1.40. The van der Waals surface area contributed by atoms with Gasteiger partial charge in [0.2, 0.25) is 0 Å². The number of aliphatic hydroxyl groups is 1. The predicted octanol–water partition coefficient (Wildman–Crippen LogP) is 1.95. The number of aldehydes is 1. The van der Waals surface area contributed by atoms with Gasteiger partial charge in [0.25, 0.3) is 0 Å². The molecule has 6 heteroatoms. The van der Waals surface area contributed by atoms with Crippen molar-refractivity contribution in [1.82, 2.24) is 9.38 Å². The molecule has 3 rings (SSSR count). The summed E-state index contributed by atoms with van der Waals surface area (Å²) in [6.45, 7) is 0. The van der Waals surface area contributed by atoms with Gasteiger partial charge in [-0.05, 0) is 12.8 Å². The summed E-state index contributed by atoms with van der Waals surface area (Å²) >= 11 is 1.51. The lowest BCUT2D eigenvalue weighted by Gasteiger charge is -2.35. The number of thiazole rings is 1. The molecule has 19 heavy (non-hydrogen) atoms. The van der Waals surface area contributed by atoms with Gasteiger partial charge < -0.3 is 10.0 Å². The lowest BCUT2D eigenvalue weighted by atomic mass is 9.91. The minimum Gasteiger partial charge on any atom is -0.391 e. The van der Waals surface area contributed by atoms with E-state index in [9.17, 15) is 9.90 Å². The normalized spacial score (nSPS) is 23.7. The fraction of sp³-hybridized carbons (Fsp3) is 0.538. The van der Waals surface area contributed by atoms with Gasteiger partial charge in [-0.25, -0.2) is 4.98 Å². The van der Waals surface area contributed by atoms with Crippen LogP contribution in [0.1, 0.15) is 36.2 Å². The molecular formula is C13H17N3O2S. The smallest absolute Gasteiger partial charge is 0.196 e. The Morgan fingerprint density at radius 1 is 1.53 bits per heavy atom. The molecule has 102 valence electrons. The van der Waals surface area contributed by atoms with E-state index in [-0.39, 0.29) is 12.1 Å². The topological polar surface area (TPSA) is 57.8 Å². The number of fused-ring (bicyclic) bond motifs is 1. The highest BCUT2D eigenvalue weighted by molar-refractivity contribution is 7.15. The summed E-state index contributed by atoms with van der Waals surface area (Å²) in [5.41, 5.74) is 0.566. The number of hydrogen-bond donors (Lipinski definition) is 1. The highest BCUT2D eigenvalue weighted by atomic mass is 32.1. The average Bonchev–Trinajstić information content (AvgIpc) is 2.98. The average molecular weight is 279 g/mol. The number of rotatable bonds is 3. The second-order valence-corrected chi connectivity index (χ2v) is 5.90. The molecule has 0 radical (unpaired) electrons. The number of likely N-dealkylation sites (N-methyl/N-ethyl adjacent to an activating group) is 1. The van der Waals surface area contributed by atoms with Crippen molar-refractivity contribution in [1.29, 1.82) is 0 Å². The van der Waals surface area contributed by atoms with Gasteiger partial charge in [0.05, 0.1) is 12.1 Å². The fourth-order valence-corrected chi connectivity index (χ4v) is 3.58. The maximum absolute atomic E-state index is 11.3. The maximum Gasteiger partial charge on any atom is 0.196 e. The van der Waals surface area contributed by atoms with Crippen molar-refractivity contribution < 1.29 is 9.90 Å². The van der Waals surface area contributed by atoms with Gasteiger partial charge in [0.15, 0.2) is 17.1 Å². The van der Waals surface area contributed by atoms with Crippen LogP contribution in [0.25, 0.3) is 4.96 Å². The van der Waals surface area contributed by atoms with E-state index < -0.39 is 0 Å². The molecular weight excluding hydrogens is 262 g/mol. The summed E-state index contributed by atoms with van der Waals surface area (Å²) in [5, 5.41) is 12.0. The van der Waals surface area contributed by atoms with Crippen LogP contribution in [0.4, 0.5) is 5.82 Å². The van der Waals surface area contributed by atoms with Crippen molar-refractivity contribution in [3.05, 3.63) is 17.3 Å². The van der Waals surface area contributed by atoms with E-state index in [0.717, 1.165) is 36.9 Å². The minimum atomic E-state index is -0.335. The third-order valence-electron chi connectivity index (χ3n) is 3.92. The number of anilines is 1. The van der Waals surface area contributed by atoms with Crippen molar-refractivity contribution in [2.45, 2.75) is 37.8 Å². The molecule has 0 aromatic carbocycles. The Morgan fingerprint density at radius 2 is 2.32 bits per heavy atom. The molecule has 0 aliphatic heterocycles. The van der Waals surface area contributed by atoms with Gasteiger partial charge in [-0.1, -0.05) is 12.8 Å². The Morgan fingerprint density at radius 3 is 3.05 bits per heavy atom. The molecule has 2 aromatic heterocycles. The summed E-state index contributed by atoms with van der Waals surface area (Å²) in [7, 11) is 1.92. The van der Waals surface area contributed by atoms with Gasteiger partial charge in [-0.2, -0.15) is 0 Å². The number of nitrogens with zero attached hydrogens (tertiary/aromatic N) is 3. The van der Waals surface area contributed by atoms with Gasteiger partial charge in [0, 0.05) is 18.6 Å². The van der Waals surface area contributed by atoms with Crippen LogP contribution in [0.3, 0.4) is 0 Å². The third-order valence-corrected chi connectivity index (χ3v) is 4.67. The molecule has 1 aliphatic carbocycles. The van der Waals surface area contributed by atoms with Crippen LogP contribution in [0.5, 0.6) is 0 Å². The molecule has 0 amide bonds. The van der Waals surface area contributed by atoms with Gasteiger partial charge in [-0.15, -0.1) is 11.3 Å². The third kappa shape index (κ3) is 2.04. The van der Waals surface area contributed by atoms with E-state index in [2.05, 4.69) is 4.98 Å². The number of imidazole rings is 1. The molecule has 0 saturated heterocycles. The second-order valence-electron chi connectivity index (χ2n) is 5.02. The molecule has 5 nitrogen and oxygen atoms in total. The van der Waals surface area contributed by atoms with Crippen LogP contribution in [-0.4, -0.2) is 40.0 Å². The summed E-state index contributed by atoms with van der Waals surface area (Å²) < 4.78 is 1.80. The largest absolute Gasteiger partial charge is 0.391 e. The van der Waals surface area contributed by atoms with Gasteiger partial charge >= 0.3 is 0 Å². The van der Waals surface area contributed by atoms with E-state index in [1.165, 1.54) is 11.3 Å². The molecule has 1 fully saturated rings. The standard InChI is InChI=1S/C13H17N3O2S/c1-15(9-4-2-3-5-11(9)18)12-10(8-17)16-6-7-19-13(16)14-12/h6-9,11,18H,2-5H2,1H3. The minimum absolute atomic E-state index is 0.0528. The quantitative estimate of drug-likeness (QED) is 0.872. The molecule has 2 heterocycles. The number of hydrogen-bond acceptors (Lipinski definition) is 5. The van der Waals surface area contributed by atoms with E-state index in [0.29, 0.717) is 11.5 Å². The number of carbonyl (C=O) groups excluding carboxylic acids is 1.